The van der Waals surface area contributed by atoms with Crippen LogP contribution in [0.1, 0.15) is 11.1 Å². The molecule has 0 N–H and O–H groups in total. The molecule has 1 aromatic rings. The first-order valence-corrected chi connectivity index (χ1v) is 7.01. The third-order valence-corrected chi connectivity index (χ3v) is 2.63. The summed E-state index contributed by atoms with van der Waals surface area (Å²) in [6.07, 6.45) is 0. The molecular formula is C12H18F3NO3S. The Kier molecular flexibility index (Phi) is 6.19. The minimum absolute atomic E-state index is 0.989. The average Bonchev–Trinajstić information content (AvgIpc) is 2.17. The van der Waals surface area contributed by atoms with Gasteiger partial charge in [0.1, 0.15) is 6.54 Å². The van der Waals surface area contributed by atoms with Gasteiger partial charge in [-0.25, -0.2) is 8.42 Å². The summed E-state index contributed by atoms with van der Waals surface area (Å²) in [5, 5.41) is 0. The van der Waals surface area contributed by atoms with E-state index in [1.54, 1.807) is 0 Å². The Morgan fingerprint density at radius 1 is 1.10 bits per heavy atom. The normalized spacial score (nSPS) is 12.6. The topological polar surface area (TPSA) is 57.2 Å². The molecular weight excluding hydrogens is 295 g/mol. The van der Waals surface area contributed by atoms with E-state index in [4.69, 9.17) is 13.0 Å². The van der Waals surface area contributed by atoms with Crippen LogP contribution >= 0.6 is 0 Å². The lowest BCUT2D eigenvalue weighted by molar-refractivity contribution is -0.884. The molecule has 0 heterocycles. The number of rotatable bonds is 2. The highest BCUT2D eigenvalue weighted by molar-refractivity contribution is 7.86. The number of aryl methyl sites for hydroxylation is 1. The summed E-state index contributed by atoms with van der Waals surface area (Å²) in [7, 11) is 0.534. The van der Waals surface area contributed by atoms with E-state index in [1.165, 1.54) is 11.1 Å². The third kappa shape index (κ3) is 8.13. The Hall–Kier alpha value is -1.12. The Bertz CT molecular complexity index is 516. The second kappa shape index (κ2) is 6.55. The molecule has 116 valence electrons. The summed E-state index contributed by atoms with van der Waals surface area (Å²) < 4.78 is 59.9. The second-order valence-electron chi connectivity index (χ2n) is 5.33. The Labute approximate surface area is 117 Å². The smallest absolute Gasteiger partial charge is 0.485 e. The SMILES string of the molecule is Cc1ccc(C[N+](C)(C)C)cc1.O=S(=O)([O-])C(F)(F)F. The lowest BCUT2D eigenvalue weighted by Crippen LogP contribution is -2.33. The molecule has 0 atom stereocenters. The quantitative estimate of drug-likeness (QED) is 0.478. The number of halogens is 3. The van der Waals surface area contributed by atoms with Crippen molar-refractivity contribution in [2.45, 2.75) is 19.0 Å². The molecule has 8 heteroatoms. The molecule has 0 saturated heterocycles. The van der Waals surface area contributed by atoms with Crippen molar-refractivity contribution < 1.29 is 30.6 Å². The van der Waals surface area contributed by atoms with Gasteiger partial charge in [0.05, 0.1) is 21.1 Å². The van der Waals surface area contributed by atoms with Gasteiger partial charge in [-0.2, -0.15) is 13.2 Å². The van der Waals surface area contributed by atoms with Gasteiger partial charge in [0.15, 0.2) is 10.1 Å². The summed E-state index contributed by atoms with van der Waals surface area (Å²) in [5.74, 6) is 0. The summed E-state index contributed by atoms with van der Waals surface area (Å²) in [4.78, 5) is 0. The third-order valence-electron chi connectivity index (χ3n) is 2.06. The van der Waals surface area contributed by atoms with Gasteiger partial charge in [-0.05, 0) is 6.92 Å². The van der Waals surface area contributed by atoms with Gasteiger partial charge in [0.25, 0.3) is 0 Å². The van der Waals surface area contributed by atoms with Crippen molar-refractivity contribution in [1.29, 1.82) is 0 Å². The predicted molar refractivity (Wildman–Crippen MR) is 68.7 cm³/mol. The van der Waals surface area contributed by atoms with Crippen LogP contribution in [-0.2, 0) is 16.7 Å². The molecule has 0 spiro atoms. The van der Waals surface area contributed by atoms with E-state index in [9.17, 15) is 13.2 Å². The van der Waals surface area contributed by atoms with Crippen LogP contribution in [0.25, 0.3) is 0 Å². The monoisotopic (exact) mass is 313 g/mol. The van der Waals surface area contributed by atoms with Gasteiger partial charge in [0, 0.05) is 5.56 Å². The summed E-state index contributed by atoms with van der Waals surface area (Å²) in [6.45, 7) is 3.22. The van der Waals surface area contributed by atoms with Crippen LogP contribution in [0.5, 0.6) is 0 Å². The highest BCUT2D eigenvalue weighted by Gasteiger charge is 2.36. The van der Waals surface area contributed by atoms with E-state index < -0.39 is 15.6 Å². The van der Waals surface area contributed by atoms with Gasteiger partial charge in [0.2, 0.25) is 0 Å². The van der Waals surface area contributed by atoms with Crippen molar-refractivity contribution in [3.05, 3.63) is 35.4 Å². The zero-order valence-corrected chi connectivity index (χ0v) is 12.5. The van der Waals surface area contributed by atoms with Gasteiger partial charge in [-0.3, -0.25) is 0 Å². The molecule has 1 aromatic carbocycles. The number of quaternary nitrogens is 1. The van der Waals surface area contributed by atoms with Crippen LogP contribution in [-0.4, -0.2) is 44.1 Å². The number of benzene rings is 1. The molecule has 0 aromatic heterocycles. The maximum atomic E-state index is 10.7. The van der Waals surface area contributed by atoms with Crippen molar-refractivity contribution in [3.63, 3.8) is 0 Å². The molecule has 0 amide bonds. The van der Waals surface area contributed by atoms with Crippen LogP contribution in [0.3, 0.4) is 0 Å². The van der Waals surface area contributed by atoms with Crippen LogP contribution in [0.4, 0.5) is 13.2 Å². The van der Waals surface area contributed by atoms with E-state index in [1.807, 2.05) is 0 Å². The maximum Gasteiger partial charge on any atom is 0.485 e. The van der Waals surface area contributed by atoms with Crippen molar-refractivity contribution >= 4 is 10.1 Å². The van der Waals surface area contributed by atoms with E-state index in [0.29, 0.717) is 0 Å². The van der Waals surface area contributed by atoms with Crippen LogP contribution < -0.4 is 0 Å². The Morgan fingerprint density at radius 3 is 1.70 bits per heavy atom. The van der Waals surface area contributed by atoms with Crippen molar-refractivity contribution in [3.8, 4) is 0 Å². The summed E-state index contributed by atoms with van der Waals surface area (Å²) in [5.41, 5.74) is -2.90. The van der Waals surface area contributed by atoms with E-state index in [-0.39, 0.29) is 0 Å². The zero-order valence-electron chi connectivity index (χ0n) is 11.7. The molecule has 0 aliphatic rings. The minimum atomic E-state index is -6.09. The minimum Gasteiger partial charge on any atom is -0.741 e. The lowest BCUT2D eigenvalue weighted by atomic mass is 10.1. The zero-order chi connectivity index (χ0) is 16.2. The van der Waals surface area contributed by atoms with Crippen molar-refractivity contribution in [2.75, 3.05) is 21.1 Å². The molecule has 0 unspecified atom stereocenters. The Morgan fingerprint density at radius 2 is 1.45 bits per heavy atom. The van der Waals surface area contributed by atoms with Crippen LogP contribution in [0.2, 0.25) is 0 Å². The highest BCUT2D eigenvalue weighted by Crippen LogP contribution is 2.20. The average molecular weight is 313 g/mol. The predicted octanol–water partition coefficient (Wildman–Crippen LogP) is 2.25. The molecule has 1 rings (SSSR count). The highest BCUT2D eigenvalue weighted by atomic mass is 32.2. The van der Waals surface area contributed by atoms with E-state index in [2.05, 4.69) is 52.3 Å². The standard InChI is InChI=1S/C11H18N.CHF3O3S/c1-10-5-7-11(8-6-10)9-12(2,3)4;2-1(3,4)8(5,6)7/h5-8H,9H2,1-4H3;(H,5,6,7)/q+1;/p-1. The molecule has 0 bridgehead atoms. The van der Waals surface area contributed by atoms with E-state index in [0.717, 1.165) is 11.0 Å². The van der Waals surface area contributed by atoms with Crippen molar-refractivity contribution in [2.24, 2.45) is 0 Å². The first-order chi connectivity index (χ1) is 8.72. The number of alkyl halides is 3. The lowest BCUT2D eigenvalue weighted by Gasteiger charge is -2.23. The first-order valence-electron chi connectivity index (χ1n) is 5.60. The van der Waals surface area contributed by atoms with Crippen molar-refractivity contribution in [1.82, 2.24) is 0 Å². The van der Waals surface area contributed by atoms with Gasteiger partial charge >= 0.3 is 5.51 Å². The number of hydrogen-bond donors (Lipinski definition) is 0. The molecule has 20 heavy (non-hydrogen) atoms. The molecule has 0 radical (unpaired) electrons. The molecule has 0 aliphatic heterocycles. The van der Waals surface area contributed by atoms with E-state index >= 15 is 0 Å². The van der Waals surface area contributed by atoms with Crippen LogP contribution in [0, 0.1) is 6.92 Å². The molecule has 0 saturated carbocycles. The Balaban J connectivity index is 0.000000396. The molecule has 4 nitrogen and oxygen atoms in total. The molecule has 0 aliphatic carbocycles. The van der Waals surface area contributed by atoms with Gasteiger partial charge in [-0.15, -0.1) is 0 Å². The van der Waals surface area contributed by atoms with Gasteiger partial charge in [-0.1, -0.05) is 29.8 Å². The van der Waals surface area contributed by atoms with Gasteiger partial charge < -0.3 is 9.04 Å². The fourth-order valence-corrected chi connectivity index (χ4v) is 1.24. The summed E-state index contributed by atoms with van der Waals surface area (Å²) >= 11 is 0. The fraction of sp³-hybridized carbons (Fsp3) is 0.500. The first kappa shape index (κ1) is 18.9. The second-order valence-corrected chi connectivity index (χ2v) is 6.71. The van der Waals surface area contributed by atoms with Crippen LogP contribution in [0.15, 0.2) is 24.3 Å². The number of nitrogens with zero attached hydrogens (tertiary/aromatic N) is 1. The molecule has 0 fully saturated rings. The number of hydrogen-bond acceptors (Lipinski definition) is 3. The largest absolute Gasteiger partial charge is 0.741 e. The fourth-order valence-electron chi connectivity index (χ4n) is 1.24. The summed E-state index contributed by atoms with van der Waals surface area (Å²) in [6, 6.07) is 8.76. The maximum absolute atomic E-state index is 10.7.